The molecule has 0 unspecified atom stereocenters. The van der Waals surface area contributed by atoms with Crippen molar-refractivity contribution in [2.24, 2.45) is 22.7 Å². The van der Waals surface area contributed by atoms with Crippen LogP contribution in [0.4, 0.5) is 0 Å². The number of hydrogen-bond acceptors (Lipinski definition) is 2. The molecule has 0 aromatic carbocycles. The lowest BCUT2D eigenvalue weighted by Crippen LogP contribution is -2.58. The van der Waals surface area contributed by atoms with Crippen LogP contribution in [0, 0.1) is 22.7 Å². The lowest BCUT2D eigenvalue weighted by atomic mass is 9.45. The van der Waals surface area contributed by atoms with Gasteiger partial charge in [0.1, 0.15) is 0 Å². The van der Waals surface area contributed by atoms with E-state index in [0.29, 0.717) is 11.3 Å². The third-order valence-corrected chi connectivity index (χ3v) is 6.62. The van der Waals surface area contributed by atoms with Gasteiger partial charge in [-0.2, -0.15) is 0 Å². The Morgan fingerprint density at radius 3 is 2.37 bits per heavy atom. The molecule has 2 aliphatic rings. The van der Waals surface area contributed by atoms with Gasteiger partial charge in [-0.3, -0.25) is 0 Å². The Morgan fingerprint density at radius 2 is 1.79 bits per heavy atom. The SMILES string of the molecule is CC[C@]1(O)CC[C@H]2C(C)(C)CCC[C@]2(C)[C@@H]1CCO. The summed E-state index contributed by atoms with van der Waals surface area (Å²) in [5, 5.41) is 20.5. The fourth-order valence-electron chi connectivity index (χ4n) is 5.64. The molecule has 2 heteroatoms. The molecule has 2 nitrogen and oxygen atoms in total. The normalized spacial score (nSPS) is 45.8. The predicted molar refractivity (Wildman–Crippen MR) is 78.9 cm³/mol. The molecule has 0 spiro atoms. The Morgan fingerprint density at radius 1 is 1.11 bits per heavy atom. The van der Waals surface area contributed by atoms with Gasteiger partial charge in [-0.05, 0) is 61.2 Å². The Kier molecular flexibility index (Phi) is 4.06. The predicted octanol–water partition coefficient (Wildman–Crippen LogP) is 3.75. The summed E-state index contributed by atoms with van der Waals surface area (Å²) in [7, 11) is 0. The highest BCUT2D eigenvalue weighted by molar-refractivity contribution is 5.08. The lowest BCUT2D eigenvalue weighted by molar-refractivity contribution is -0.180. The number of fused-ring (bicyclic) bond motifs is 1. The summed E-state index contributed by atoms with van der Waals surface area (Å²) < 4.78 is 0. The van der Waals surface area contributed by atoms with Crippen LogP contribution < -0.4 is 0 Å². The van der Waals surface area contributed by atoms with Gasteiger partial charge in [-0.1, -0.05) is 34.1 Å². The minimum atomic E-state index is -0.554. The van der Waals surface area contributed by atoms with Crippen molar-refractivity contribution in [1.82, 2.24) is 0 Å². The first-order valence-corrected chi connectivity index (χ1v) is 8.13. The highest BCUT2D eigenvalue weighted by atomic mass is 16.3. The lowest BCUT2D eigenvalue weighted by Gasteiger charge is -2.61. The van der Waals surface area contributed by atoms with E-state index in [0.717, 1.165) is 25.7 Å². The summed E-state index contributed by atoms with van der Waals surface area (Å²) >= 11 is 0. The van der Waals surface area contributed by atoms with Crippen LogP contribution in [0.3, 0.4) is 0 Å². The molecule has 19 heavy (non-hydrogen) atoms. The van der Waals surface area contributed by atoms with Gasteiger partial charge >= 0.3 is 0 Å². The number of aliphatic hydroxyl groups is 2. The minimum Gasteiger partial charge on any atom is -0.396 e. The molecule has 0 aliphatic heterocycles. The van der Waals surface area contributed by atoms with E-state index in [4.69, 9.17) is 0 Å². The van der Waals surface area contributed by atoms with E-state index in [-0.39, 0.29) is 17.9 Å². The molecule has 0 bridgehead atoms. The van der Waals surface area contributed by atoms with Crippen LogP contribution in [-0.2, 0) is 0 Å². The number of aliphatic hydroxyl groups excluding tert-OH is 1. The van der Waals surface area contributed by atoms with Crippen molar-refractivity contribution in [2.45, 2.75) is 78.2 Å². The van der Waals surface area contributed by atoms with Gasteiger partial charge in [-0.15, -0.1) is 0 Å². The molecule has 2 N–H and O–H groups in total. The van der Waals surface area contributed by atoms with E-state index in [2.05, 4.69) is 27.7 Å². The van der Waals surface area contributed by atoms with Gasteiger partial charge in [0.2, 0.25) is 0 Å². The van der Waals surface area contributed by atoms with E-state index in [9.17, 15) is 10.2 Å². The first-order valence-electron chi connectivity index (χ1n) is 8.13. The molecule has 0 aromatic heterocycles. The molecule has 0 radical (unpaired) electrons. The minimum absolute atomic E-state index is 0.202. The maximum atomic E-state index is 11.0. The zero-order valence-electron chi connectivity index (χ0n) is 13.2. The topological polar surface area (TPSA) is 40.5 Å². The molecule has 0 heterocycles. The fourth-order valence-corrected chi connectivity index (χ4v) is 5.64. The molecule has 2 saturated carbocycles. The number of hydrogen-bond donors (Lipinski definition) is 2. The molecule has 2 rings (SSSR count). The zero-order valence-corrected chi connectivity index (χ0v) is 13.2. The van der Waals surface area contributed by atoms with Gasteiger partial charge in [0.05, 0.1) is 5.60 Å². The van der Waals surface area contributed by atoms with E-state index >= 15 is 0 Å². The molecule has 2 fully saturated rings. The summed E-state index contributed by atoms with van der Waals surface area (Å²) in [4.78, 5) is 0. The van der Waals surface area contributed by atoms with Crippen LogP contribution in [0.25, 0.3) is 0 Å². The van der Waals surface area contributed by atoms with Gasteiger partial charge < -0.3 is 10.2 Å². The molecule has 0 amide bonds. The van der Waals surface area contributed by atoms with Crippen LogP contribution in [0.5, 0.6) is 0 Å². The summed E-state index contributed by atoms with van der Waals surface area (Å²) in [6.45, 7) is 9.50. The van der Waals surface area contributed by atoms with E-state index < -0.39 is 5.60 Å². The second kappa shape index (κ2) is 5.04. The van der Waals surface area contributed by atoms with E-state index in [1.807, 2.05) is 0 Å². The van der Waals surface area contributed by atoms with Crippen molar-refractivity contribution in [3.63, 3.8) is 0 Å². The zero-order chi connectivity index (χ0) is 14.3. The number of rotatable bonds is 3. The van der Waals surface area contributed by atoms with E-state index in [1.54, 1.807) is 0 Å². The van der Waals surface area contributed by atoms with Crippen molar-refractivity contribution >= 4 is 0 Å². The highest BCUT2D eigenvalue weighted by Gasteiger charge is 2.58. The van der Waals surface area contributed by atoms with Crippen molar-refractivity contribution < 1.29 is 10.2 Å². The van der Waals surface area contributed by atoms with Crippen LogP contribution in [0.1, 0.15) is 72.6 Å². The summed E-state index contributed by atoms with van der Waals surface area (Å²) in [6.07, 6.45) is 7.43. The van der Waals surface area contributed by atoms with Gasteiger partial charge in [0, 0.05) is 6.61 Å². The van der Waals surface area contributed by atoms with Crippen LogP contribution in [0.2, 0.25) is 0 Å². The Balaban J connectivity index is 2.37. The van der Waals surface area contributed by atoms with Gasteiger partial charge in [0.25, 0.3) is 0 Å². The van der Waals surface area contributed by atoms with Crippen molar-refractivity contribution in [1.29, 1.82) is 0 Å². The molecule has 112 valence electrons. The smallest absolute Gasteiger partial charge is 0.0679 e. The van der Waals surface area contributed by atoms with Crippen LogP contribution in [0.15, 0.2) is 0 Å². The maximum absolute atomic E-state index is 11.0. The first-order chi connectivity index (χ1) is 8.80. The van der Waals surface area contributed by atoms with Crippen LogP contribution in [-0.4, -0.2) is 22.4 Å². The average molecular weight is 268 g/mol. The third kappa shape index (κ3) is 2.35. The summed E-state index contributed by atoms with van der Waals surface area (Å²) in [5.41, 5.74) is 0.0324. The highest BCUT2D eigenvalue weighted by Crippen LogP contribution is 2.63. The quantitative estimate of drug-likeness (QED) is 0.818. The van der Waals surface area contributed by atoms with Crippen molar-refractivity contribution in [3.05, 3.63) is 0 Å². The summed E-state index contributed by atoms with van der Waals surface area (Å²) in [5.74, 6) is 0.949. The average Bonchev–Trinajstić information content (AvgIpc) is 2.33. The summed E-state index contributed by atoms with van der Waals surface area (Å²) in [6, 6.07) is 0. The monoisotopic (exact) mass is 268 g/mol. The molecular formula is C17H32O2. The molecule has 0 saturated heterocycles. The largest absolute Gasteiger partial charge is 0.396 e. The second-order valence-corrected chi connectivity index (χ2v) is 7.96. The van der Waals surface area contributed by atoms with Crippen molar-refractivity contribution in [3.8, 4) is 0 Å². The molecule has 4 atom stereocenters. The Labute approximate surface area is 118 Å². The molecule has 0 aromatic rings. The third-order valence-electron chi connectivity index (χ3n) is 6.62. The Bertz CT molecular complexity index is 325. The maximum Gasteiger partial charge on any atom is 0.0679 e. The standard InChI is InChI=1S/C17H32O2/c1-5-17(19)11-7-13-15(2,3)9-6-10-16(13,4)14(17)8-12-18/h13-14,18-19H,5-12H2,1-4H3/t13-,14-,16-,17-/m0/s1. The van der Waals surface area contributed by atoms with Crippen molar-refractivity contribution in [2.75, 3.05) is 6.61 Å². The van der Waals surface area contributed by atoms with Gasteiger partial charge in [0.15, 0.2) is 0 Å². The second-order valence-electron chi connectivity index (χ2n) is 7.96. The van der Waals surface area contributed by atoms with Crippen LogP contribution >= 0.6 is 0 Å². The van der Waals surface area contributed by atoms with Gasteiger partial charge in [-0.25, -0.2) is 0 Å². The van der Waals surface area contributed by atoms with E-state index in [1.165, 1.54) is 19.3 Å². The Hall–Kier alpha value is -0.0800. The molecule has 2 aliphatic carbocycles. The fraction of sp³-hybridized carbons (Fsp3) is 1.00. The molecular weight excluding hydrogens is 236 g/mol. The first kappa shape index (κ1) is 15.3.